The molecule has 144 valence electrons. The number of rotatable bonds is 7. The van der Waals surface area contributed by atoms with Crippen molar-refractivity contribution in [2.75, 3.05) is 0 Å². The smallest absolute Gasteiger partial charge is 0.241 e. The van der Waals surface area contributed by atoms with Crippen molar-refractivity contribution in [1.82, 2.24) is 9.62 Å². The van der Waals surface area contributed by atoms with Crippen molar-refractivity contribution in [2.24, 2.45) is 0 Å². The molecule has 1 atom stereocenters. The van der Waals surface area contributed by atoms with Gasteiger partial charge in [-0.25, -0.2) is 12.8 Å². The maximum Gasteiger partial charge on any atom is 0.241 e. The van der Waals surface area contributed by atoms with Gasteiger partial charge in [-0.3, -0.25) is 4.79 Å². The van der Waals surface area contributed by atoms with Crippen LogP contribution in [0.2, 0.25) is 5.02 Å². The number of nitrogens with one attached hydrogen (secondary N) is 1. The quantitative estimate of drug-likeness (QED) is 0.761. The van der Waals surface area contributed by atoms with Crippen LogP contribution in [0.4, 0.5) is 4.39 Å². The van der Waals surface area contributed by atoms with Crippen LogP contribution in [-0.2, 0) is 21.4 Å². The molecule has 0 radical (unpaired) electrons. The molecule has 1 amide bonds. The molecule has 27 heavy (non-hydrogen) atoms. The fourth-order valence-electron chi connectivity index (χ4n) is 2.77. The molecule has 8 heteroatoms. The Morgan fingerprint density at radius 1 is 1.19 bits per heavy atom. The van der Waals surface area contributed by atoms with Crippen LogP contribution in [-0.4, -0.2) is 31.3 Å². The minimum Gasteiger partial charge on any atom is -0.334 e. The predicted molar refractivity (Wildman–Crippen MR) is 101 cm³/mol. The van der Waals surface area contributed by atoms with E-state index in [2.05, 4.69) is 4.72 Å². The van der Waals surface area contributed by atoms with Crippen molar-refractivity contribution >= 4 is 27.5 Å². The van der Waals surface area contributed by atoms with Gasteiger partial charge in [0.2, 0.25) is 15.9 Å². The topological polar surface area (TPSA) is 66.5 Å². The summed E-state index contributed by atoms with van der Waals surface area (Å²) in [4.78, 5) is 14.6. The molecular weight excluding hydrogens is 391 g/mol. The molecule has 0 saturated heterocycles. The third kappa shape index (κ3) is 5.06. The second kappa shape index (κ2) is 7.96. The maximum atomic E-state index is 13.1. The Balaban J connectivity index is 1.71. The normalized spacial score (nSPS) is 15.4. The van der Waals surface area contributed by atoms with Gasteiger partial charge in [0.25, 0.3) is 0 Å². The highest BCUT2D eigenvalue weighted by atomic mass is 35.5. The Morgan fingerprint density at radius 2 is 1.78 bits per heavy atom. The van der Waals surface area contributed by atoms with Gasteiger partial charge in [0, 0.05) is 17.6 Å². The van der Waals surface area contributed by atoms with E-state index in [1.165, 1.54) is 43.3 Å². The van der Waals surface area contributed by atoms with E-state index in [0.717, 1.165) is 18.4 Å². The Morgan fingerprint density at radius 3 is 2.33 bits per heavy atom. The molecule has 0 unspecified atom stereocenters. The Bertz CT molecular complexity index is 913. The molecule has 1 N–H and O–H groups in total. The lowest BCUT2D eigenvalue weighted by atomic mass is 10.2. The van der Waals surface area contributed by atoms with Crippen LogP contribution in [0, 0.1) is 5.82 Å². The van der Waals surface area contributed by atoms with Crippen molar-refractivity contribution in [1.29, 1.82) is 0 Å². The number of hydrogen-bond acceptors (Lipinski definition) is 3. The summed E-state index contributed by atoms with van der Waals surface area (Å²) in [5.41, 5.74) is 0.796. The molecule has 0 aliphatic heterocycles. The van der Waals surface area contributed by atoms with E-state index < -0.39 is 16.1 Å². The molecule has 1 fully saturated rings. The minimum absolute atomic E-state index is 0.0445. The van der Waals surface area contributed by atoms with Crippen LogP contribution < -0.4 is 4.72 Å². The predicted octanol–water partition coefficient (Wildman–Crippen LogP) is 3.34. The third-order valence-electron chi connectivity index (χ3n) is 4.36. The van der Waals surface area contributed by atoms with Crippen LogP contribution in [0.3, 0.4) is 0 Å². The number of carbonyl (C=O) groups is 1. The number of sulfonamides is 1. The van der Waals surface area contributed by atoms with Crippen LogP contribution in [0.15, 0.2) is 53.4 Å². The summed E-state index contributed by atoms with van der Waals surface area (Å²) in [6, 6.07) is 10.8. The third-order valence-corrected chi connectivity index (χ3v) is 6.17. The number of hydrogen-bond donors (Lipinski definition) is 1. The molecule has 2 aromatic carbocycles. The lowest BCUT2D eigenvalue weighted by Gasteiger charge is -2.26. The summed E-state index contributed by atoms with van der Waals surface area (Å²) in [6.45, 7) is 1.84. The van der Waals surface area contributed by atoms with E-state index in [9.17, 15) is 17.6 Å². The molecule has 0 spiro atoms. The fraction of sp³-hybridized carbons (Fsp3) is 0.316. The van der Waals surface area contributed by atoms with E-state index in [1.807, 2.05) is 0 Å². The van der Waals surface area contributed by atoms with Gasteiger partial charge >= 0.3 is 0 Å². The van der Waals surface area contributed by atoms with E-state index in [-0.39, 0.29) is 22.7 Å². The summed E-state index contributed by atoms with van der Waals surface area (Å²) < 4.78 is 40.5. The molecule has 1 aliphatic carbocycles. The van der Waals surface area contributed by atoms with E-state index in [1.54, 1.807) is 17.0 Å². The minimum atomic E-state index is -3.84. The average molecular weight is 411 g/mol. The number of benzene rings is 2. The molecule has 0 bridgehead atoms. The zero-order valence-electron chi connectivity index (χ0n) is 14.7. The second-order valence-corrected chi connectivity index (χ2v) is 8.77. The van der Waals surface area contributed by atoms with Gasteiger partial charge in [0.15, 0.2) is 0 Å². The first-order valence-corrected chi connectivity index (χ1v) is 10.5. The Hall–Kier alpha value is -1.96. The van der Waals surface area contributed by atoms with E-state index in [0.29, 0.717) is 11.6 Å². The zero-order valence-corrected chi connectivity index (χ0v) is 16.3. The summed E-state index contributed by atoms with van der Waals surface area (Å²) >= 11 is 5.79. The zero-order chi connectivity index (χ0) is 19.6. The Kier molecular flexibility index (Phi) is 5.83. The number of nitrogens with zero attached hydrogens (tertiary/aromatic N) is 1. The number of carbonyl (C=O) groups excluding carboxylic acids is 1. The SMILES string of the molecule is C[C@H](NS(=O)(=O)c1ccc(Cl)cc1)C(=O)N(Cc1ccc(F)cc1)C1CC1. The Labute approximate surface area is 163 Å². The second-order valence-electron chi connectivity index (χ2n) is 6.62. The summed E-state index contributed by atoms with van der Waals surface area (Å²) in [5.74, 6) is -0.647. The monoisotopic (exact) mass is 410 g/mol. The molecule has 2 aromatic rings. The van der Waals surface area contributed by atoms with Gasteiger partial charge in [-0.05, 0) is 61.7 Å². The molecule has 1 aliphatic rings. The lowest BCUT2D eigenvalue weighted by Crippen LogP contribution is -2.47. The van der Waals surface area contributed by atoms with Crippen LogP contribution >= 0.6 is 11.6 Å². The summed E-state index contributed by atoms with van der Waals surface area (Å²) in [7, 11) is -3.84. The number of halogens is 2. The molecule has 0 heterocycles. The lowest BCUT2D eigenvalue weighted by molar-refractivity contribution is -0.133. The highest BCUT2D eigenvalue weighted by molar-refractivity contribution is 7.89. The first-order chi connectivity index (χ1) is 12.8. The average Bonchev–Trinajstić information content (AvgIpc) is 3.45. The first kappa shape index (κ1) is 19.8. The highest BCUT2D eigenvalue weighted by Crippen LogP contribution is 2.29. The highest BCUT2D eigenvalue weighted by Gasteiger charge is 2.35. The molecule has 0 aromatic heterocycles. The van der Waals surface area contributed by atoms with Gasteiger partial charge < -0.3 is 4.90 Å². The molecule has 1 saturated carbocycles. The number of amides is 1. The van der Waals surface area contributed by atoms with Gasteiger partial charge in [-0.2, -0.15) is 4.72 Å². The standard InChI is InChI=1S/C19H20ClFN2O3S/c1-13(22-27(25,26)18-10-4-15(20)5-11-18)19(24)23(17-8-9-17)12-14-2-6-16(21)7-3-14/h2-7,10-11,13,17,22H,8-9,12H2,1H3/t13-/m0/s1. The van der Waals surface area contributed by atoms with Gasteiger partial charge in [-0.1, -0.05) is 23.7 Å². The van der Waals surface area contributed by atoms with Crippen molar-refractivity contribution in [3.05, 3.63) is 64.9 Å². The largest absolute Gasteiger partial charge is 0.334 e. The van der Waals surface area contributed by atoms with Crippen LogP contribution in [0.25, 0.3) is 0 Å². The van der Waals surface area contributed by atoms with Crippen molar-refractivity contribution in [3.8, 4) is 0 Å². The van der Waals surface area contributed by atoms with E-state index in [4.69, 9.17) is 11.6 Å². The molecule has 3 rings (SSSR count). The fourth-order valence-corrected chi connectivity index (χ4v) is 4.10. The van der Waals surface area contributed by atoms with Crippen molar-refractivity contribution < 1.29 is 17.6 Å². The van der Waals surface area contributed by atoms with Crippen LogP contribution in [0.5, 0.6) is 0 Å². The molecule has 5 nitrogen and oxygen atoms in total. The van der Waals surface area contributed by atoms with Crippen molar-refractivity contribution in [2.45, 2.75) is 43.3 Å². The first-order valence-electron chi connectivity index (χ1n) is 8.59. The molecular formula is C19H20ClFN2O3S. The van der Waals surface area contributed by atoms with Gasteiger partial charge in [-0.15, -0.1) is 0 Å². The van der Waals surface area contributed by atoms with Crippen molar-refractivity contribution in [3.63, 3.8) is 0 Å². The summed E-state index contributed by atoms with van der Waals surface area (Å²) in [6.07, 6.45) is 1.76. The van der Waals surface area contributed by atoms with Crippen LogP contribution in [0.1, 0.15) is 25.3 Å². The maximum absolute atomic E-state index is 13.1. The van der Waals surface area contributed by atoms with Gasteiger partial charge in [0.05, 0.1) is 10.9 Å². The summed E-state index contributed by atoms with van der Waals surface area (Å²) in [5, 5.41) is 0.428. The van der Waals surface area contributed by atoms with Gasteiger partial charge in [0.1, 0.15) is 5.82 Å². The van der Waals surface area contributed by atoms with E-state index >= 15 is 0 Å².